The molecular weight excluding hydrogens is 350 g/mol. The lowest BCUT2D eigenvalue weighted by atomic mass is 9.86. The van der Waals surface area contributed by atoms with E-state index in [1.54, 1.807) is 0 Å². The summed E-state index contributed by atoms with van der Waals surface area (Å²) in [5, 5.41) is 0. The van der Waals surface area contributed by atoms with Gasteiger partial charge in [0.15, 0.2) is 12.4 Å². The number of Topliss-reactive ketones (excluding diaryl/α,β-unsaturated/α-hetero) is 1. The lowest BCUT2D eigenvalue weighted by Gasteiger charge is -2.31. The van der Waals surface area contributed by atoms with Gasteiger partial charge in [-0.15, -0.1) is 0 Å². The molecule has 1 aliphatic heterocycles. The van der Waals surface area contributed by atoms with Crippen molar-refractivity contribution in [1.82, 2.24) is 4.90 Å². The summed E-state index contributed by atoms with van der Waals surface area (Å²) < 4.78 is 5.86. The highest BCUT2D eigenvalue weighted by Crippen LogP contribution is 2.31. The lowest BCUT2D eigenvalue weighted by Crippen LogP contribution is -2.42. The predicted molar refractivity (Wildman–Crippen MR) is 111 cm³/mol. The predicted octanol–water partition coefficient (Wildman–Crippen LogP) is 4.48. The smallest absolute Gasteiger partial charge is 0.260 e. The van der Waals surface area contributed by atoms with Crippen LogP contribution in [0.3, 0.4) is 0 Å². The number of para-hydroxylation sites is 1. The highest BCUT2D eigenvalue weighted by Gasteiger charge is 2.28. The van der Waals surface area contributed by atoms with Crippen molar-refractivity contribution in [2.75, 3.05) is 19.7 Å². The van der Waals surface area contributed by atoms with Crippen LogP contribution in [0, 0.1) is 5.92 Å². The average Bonchev–Trinajstić information content (AvgIpc) is 2.72. The van der Waals surface area contributed by atoms with E-state index in [-0.39, 0.29) is 29.6 Å². The Morgan fingerprint density at radius 1 is 0.964 bits per heavy atom. The Balaban J connectivity index is 1.53. The van der Waals surface area contributed by atoms with Crippen LogP contribution in [-0.4, -0.2) is 36.3 Å². The second-order valence-corrected chi connectivity index (χ2v) is 8.42. The zero-order chi connectivity index (χ0) is 20.1. The molecule has 0 radical (unpaired) electrons. The first-order valence-corrected chi connectivity index (χ1v) is 9.95. The molecule has 2 aromatic carbocycles. The van der Waals surface area contributed by atoms with Gasteiger partial charge in [-0.25, -0.2) is 0 Å². The molecule has 0 spiro atoms. The lowest BCUT2D eigenvalue weighted by molar-refractivity contribution is -0.134. The van der Waals surface area contributed by atoms with Gasteiger partial charge < -0.3 is 9.64 Å². The summed E-state index contributed by atoms with van der Waals surface area (Å²) in [5.74, 6) is 0.920. The number of hydrogen-bond donors (Lipinski definition) is 0. The van der Waals surface area contributed by atoms with Crippen molar-refractivity contribution in [3.8, 4) is 5.75 Å². The molecule has 0 N–H and O–H groups in total. The second kappa shape index (κ2) is 8.59. The molecule has 1 saturated heterocycles. The van der Waals surface area contributed by atoms with Crippen LogP contribution in [0.4, 0.5) is 0 Å². The number of hydrogen-bond acceptors (Lipinski definition) is 3. The van der Waals surface area contributed by atoms with Gasteiger partial charge in [0.1, 0.15) is 5.75 Å². The molecule has 3 rings (SSSR count). The summed E-state index contributed by atoms with van der Waals surface area (Å²) in [6, 6.07) is 17.3. The second-order valence-electron chi connectivity index (χ2n) is 8.42. The molecular formula is C24H29NO3. The van der Waals surface area contributed by atoms with Crippen molar-refractivity contribution in [1.29, 1.82) is 0 Å². The third kappa shape index (κ3) is 4.80. The van der Waals surface area contributed by atoms with E-state index in [9.17, 15) is 9.59 Å². The van der Waals surface area contributed by atoms with E-state index >= 15 is 0 Å². The SMILES string of the molecule is CC(C)(C)c1ccccc1OCC(=O)N1CCC(C(=O)c2ccccc2)CC1. The van der Waals surface area contributed by atoms with E-state index < -0.39 is 0 Å². The van der Waals surface area contributed by atoms with E-state index in [0.717, 1.165) is 16.9 Å². The molecule has 0 aliphatic carbocycles. The van der Waals surface area contributed by atoms with Crippen LogP contribution in [0.25, 0.3) is 0 Å². The van der Waals surface area contributed by atoms with Gasteiger partial charge in [0.2, 0.25) is 0 Å². The van der Waals surface area contributed by atoms with Crippen molar-refractivity contribution < 1.29 is 14.3 Å². The summed E-state index contributed by atoms with van der Waals surface area (Å²) >= 11 is 0. The molecule has 1 aliphatic rings. The monoisotopic (exact) mass is 379 g/mol. The van der Waals surface area contributed by atoms with Gasteiger partial charge in [0, 0.05) is 24.6 Å². The van der Waals surface area contributed by atoms with Gasteiger partial charge in [-0.05, 0) is 29.9 Å². The molecule has 0 unspecified atom stereocenters. The first kappa shape index (κ1) is 20.1. The molecule has 2 aromatic rings. The summed E-state index contributed by atoms with van der Waals surface area (Å²) in [7, 11) is 0. The van der Waals surface area contributed by atoms with E-state index in [2.05, 4.69) is 20.8 Å². The Bertz CT molecular complexity index is 815. The van der Waals surface area contributed by atoms with Gasteiger partial charge in [-0.1, -0.05) is 69.3 Å². The van der Waals surface area contributed by atoms with Crippen LogP contribution in [0.1, 0.15) is 49.5 Å². The van der Waals surface area contributed by atoms with Crippen molar-refractivity contribution >= 4 is 11.7 Å². The summed E-state index contributed by atoms with van der Waals surface area (Å²) in [6.45, 7) is 7.63. The maximum absolute atomic E-state index is 12.6. The normalized spacial score (nSPS) is 15.3. The summed E-state index contributed by atoms with van der Waals surface area (Å²) in [6.07, 6.45) is 1.41. The van der Waals surface area contributed by atoms with E-state index in [1.165, 1.54) is 0 Å². The molecule has 148 valence electrons. The quantitative estimate of drug-likeness (QED) is 0.720. The Morgan fingerprint density at radius 3 is 2.21 bits per heavy atom. The topological polar surface area (TPSA) is 46.6 Å². The number of amides is 1. The van der Waals surface area contributed by atoms with E-state index in [4.69, 9.17) is 4.74 Å². The van der Waals surface area contributed by atoms with Crippen LogP contribution in [-0.2, 0) is 10.2 Å². The summed E-state index contributed by atoms with van der Waals surface area (Å²) in [4.78, 5) is 27.0. The number of likely N-dealkylation sites (tertiary alicyclic amines) is 1. The molecule has 0 atom stereocenters. The standard InChI is InChI=1S/C24H29NO3/c1-24(2,3)20-11-7-8-12-21(20)28-17-22(26)25-15-13-19(14-16-25)23(27)18-9-5-4-6-10-18/h4-12,19H,13-17H2,1-3H3. The molecule has 0 aromatic heterocycles. The van der Waals surface area contributed by atoms with Crippen molar-refractivity contribution in [2.24, 2.45) is 5.92 Å². The largest absolute Gasteiger partial charge is 0.483 e. The van der Waals surface area contributed by atoms with Gasteiger partial charge in [0.05, 0.1) is 0 Å². The number of ether oxygens (including phenoxy) is 1. The highest BCUT2D eigenvalue weighted by molar-refractivity contribution is 5.98. The third-order valence-corrected chi connectivity index (χ3v) is 5.32. The fourth-order valence-corrected chi connectivity index (χ4v) is 3.67. The van der Waals surface area contributed by atoms with E-state index in [1.807, 2.05) is 59.5 Å². The van der Waals surface area contributed by atoms with Crippen LogP contribution in [0.5, 0.6) is 5.75 Å². The number of nitrogens with zero attached hydrogens (tertiary/aromatic N) is 1. The summed E-state index contributed by atoms with van der Waals surface area (Å²) in [5.41, 5.74) is 1.81. The number of carbonyl (C=O) groups excluding carboxylic acids is 2. The van der Waals surface area contributed by atoms with Gasteiger partial charge in [0.25, 0.3) is 5.91 Å². The zero-order valence-electron chi connectivity index (χ0n) is 17.0. The van der Waals surface area contributed by atoms with Crippen molar-refractivity contribution in [3.63, 3.8) is 0 Å². The number of ketones is 1. The Labute approximate surface area is 167 Å². The van der Waals surface area contributed by atoms with Gasteiger partial charge in [-0.2, -0.15) is 0 Å². The number of piperidine rings is 1. The fraction of sp³-hybridized carbons (Fsp3) is 0.417. The van der Waals surface area contributed by atoms with E-state index in [0.29, 0.717) is 25.9 Å². The molecule has 0 bridgehead atoms. The Hall–Kier alpha value is -2.62. The minimum Gasteiger partial charge on any atom is -0.483 e. The molecule has 4 nitrogen and oxygen atoms in total. The Kier molecular flexibility index (Phi) is 6.18. The van der Waals surface area contributed by atoms with Crippen LogP contribution in [0.15, 0.2) is 54.6 Å². The maximum Gasteiger partial charge on any atom is 0.260 e. The van der Waals surface area contributed by atoms with Gasteiger partial charge >= 0.3 is 0 Å². The molecule has 1 heterocycles. The molecule has 1 fully saturated rings. The number of carbonyl (C=O) groups is 2. The van der Waals surface area contributed by atoms with Crippen molar-refractivity contribution in [2.45, 2.75) is 39.0 Å². The Morgan fingerprint density at radius 2 is 1.57 bits per heavy atom. The highest BCUT2D eigenvalue weighted by atomic mass is 16.5. The zero-order valence-corrected chi connectivity index (χ0v) is 17.0. The van der Waals surface area contributed by atoms with Crippen LogP contribution < -0.4 is 4.74 Å². The minimum atomic E-state index is -0.0458. The third-order valence-electron chi connectivity index (χ3n) is 5.32. The molecule has 4 heteroatoms. The molecule has 1 amide bonds. The van der Waals surface area contributed by atoms with Crippen molar-refractivity contribution in [3.05, 3.63) is 65.7 Å². The van der Waals surface area contributed by atoms with Gasteiger partial charge in [-0.3, -0.25) is 9.59 Å². The molecule has 0 saturated carbocycles. The fourth-order valence-electron chi connectivity index (χ4n) is 3.67. The molecule has 28 heavy (non-hydrogen) atoms. The number of benzene rings is 2. The first-order chi connectivity index (χ1) is 13.4. The van der Waals surface area contributed by atoms with Crippen LogP contribution >= 0.6 is 0 Å². The van der Waals surface area contributed by atoms with Crippen LogP contribution in [0.2, 0.25) is 0 Å². The number of rotatable bonds is 5. The average molecular weight is 380 g/mol. The first-order valence-electron chi connectivity index (χ1n) is 9.95. The maximum atomic E-state index is 12.6. The minimum absolute atomic E-state index is 0.00557.